The van der Waals surface area contributed by atoms with E-state index in [1.165, 1.54) is 9.75 Å². The van der Waals surface area contributed by atoms with Crippen LogP contribution in [-0.4, -0.2) is 45.4 Å². The third-order valence-corrected chi connectivity index (χ3v) is 5.76. The van der Waals surface area contributed by atoms with Crippen LogP contribution in [0.3, 0.4) is 0 Å². The second kappa shape index (κ2) is 11.7. The molecule has 160 valence electrons. The maximum absolute atomic E-state index is 14.5. The fourth-order valence-corrected chi connectivity index (χ4v) is 4.30. The van der Waals surface area contributed by atoms with E-state index in [1.54, 1.807) is 13.1 Å². The Balaban J connectivity index is 0.00000300. The largest absolute Gasteiger partial charge is 0.378 e. The third-order valence-electron chi connectivity index (χ3n) is 4.73. The lowest BCUT2D eigenvalue weighted by molar-refractivity contribution is 0.122. The van der Waals surface area contributed by atoms with Crippen LogP contribution in [0.2, 0.25) is 0 Å². The molecule has 29 heavy (non-hydrogen) atoms. The van der Waals surface area contributed by atoms with Gasteiger partial charge in [-0.2, -0.15) is 0 Å². The molecule has 0 spiro atoms. The Morgan fingerprint density at radius 1 is 1.28 bits per heavy atom. The number of morpholine rings is 1. The van der Waals surface area contributed by atoms with Crippen LogP contribution in [0.15, 0.2) is 35.3 Å². The number of guanidine groups is 1. The number of halogens is 2. The molecule has 5 nitrogen and oxygen atoms in total. The van der Waals surface area contributed by atoms with Gasteiger partial charge in [-0.25, -0.2) is 4.39 Å². The highest BCUT2D eigenvalue weighted by molar-refractivity contribution is 14.0. The molecule has 1 aliphatic rings. The number of anilines is 1. The summed E-state index contributed by atoms with van der Waals surface area (Å²) in [5.41, 5.74) is 1.54. The van der Waals surface area contributed by atoms with Crippen LogP contribution in [0.4, 0.5) is 10.1 Å². The number of ether oxygens (including phenoxy) is 1. The second-order valence-electron chi connectivity index (χ2n) is 7.07. The van der Waals surface area contributed by atoms with E-state index in [2.05, 4.69) is 41.6 Å². The van der Waals surface area contributed by atoms with Crippen molar-refractivity contribution < 1.29 is 9.13 Å². The molecule has 0 bridgehead atoms. The van der Waals surface area contributed by atoms with Gasteiger partial charge in [-0.3, -0.25) is 4.99 Å². The Kier molecular flexibility index (Phi) is 9.64. The first kappa shape index (κ1) is 23.9. The summed E-state index contributed by atoms with van der Waals surface area (Å²) in [6.07, 6.45) is 0.947. The maximum atomic E-state index is 14.5. The molecule has 0 saturated carbocycles. The van der Waals surface area contributed by atoms with Gasteiger partial charge in [-0.05, 0) is 43.7 Å². The van der Waals surface area contributed by atoms with Crippen LogP contribution in [0.1, 0.15) is 22.2 Å². The molecule has 0 aliphatic carbocycles. The number of nitrogens with zero attached hydrogens (tertiary/aromatic N) is 2. The number of aliphatic imine (C=N–C) groups is 1. The normalized spacial score (nSPS) is 15.6. The highest BCUT2D eigenvalue weighted by atomic mass is 127. The van der Waals surface area contributed by atoms with Crippen molar-refractivity contribution in [2.75, 3.05) is 38.3 Å². The lowest BCUT2D eigenvalue weighted by Crippen LogP contribution is -2.42. The lowest BCUT2D eigenvalue weighted by Gasteiger charge is -2.29. The molecule has 1 aromatic heterocycles. The van der Waals surface area contributed by atoms with E-state index in [9.17, 15) is 4.39 Å². The Labute approximate surface area is 193 Å². The summed E-state index contributed by atoms with van der Waals surface area (Å²) in [6.45, 7) is 7.53. The van der Waals surface area contributed by atoms with Gasteiger partial charge in [0, 0.05) is 48.9 Å². The molecule has 8 heteroatoms. The monoisotopic (exact) mass is 532 g/mol. The van der Waals surface area contributed by atoms with Gasteiger partial charge >= 0.3 is 0 Å². The molecule has 1 aliphatic heterocycles. The maximum Gasteiger partial charge on any atom is 0.191 e. The van der Waals surface area contributed by atoms with Gasteiger partial charge in [-0.15, -0.1) is 35.3 Å². The van der Waals surface area contributed by atoms with E-state index in [4.69, 9.17) is 4.74 Å². The highest BCUT2D eigenvalue weighted by Crippen LogP contribution is 2.21. The van der Waals surface area contributed by atoms with E-state index in [0.29, 0.717) is 25.4 Å². The van der Waals surface area contributed by atoms with Gasteiger partial charge in [0.15, 0.2) is 5.96 Å². The van der Waals surface area contributed by atoms with Crippen LogP contribution in [0.5, 0.6) is 0 Å². The summed E-state index contributed by atoms with van der Waals surface area (Å²) >= 11 is 1.82. The first-order valence-corrected chi connectivity index (χ1v) is 10.5. The van der Waals surface area contributed by atoms with Gasteiger partial charge in [-0.1, -0.05) is 6.07 Å². The van der Waals surface area contributed by atoms with Crippen molar-refractivity contribution in [2.24, 2.45) is 4.99 Å². The summed E-state index contributed by atoms with van der Waals surface area (Å²) in [7, 11) is 1.75. The molecule has 3 rings (SSSR count). The zero-order valence-electron chi connectivity index (χ0n) is 17.2. The van der Waals surface area contributed by atoms with Gasteiger partial charge < -0.3 is 20.3 Å². The quantitative estimate of drug-likeness (QED) is 0.336. The zero-order chi connectivity index (χ0) is 19.9. The molecular weight excluding hydrogens is 502 g/mol. The van der Waals surface area contributed by atoms with Crippen LogP contribution < -0.4 is 15.5 Å². The summed E-state index contributed by atoms with van der Waals surface area (Å²) in [5.74, 6) is 0.532. The zero-order valence-corrected chi connectivity index (χ0v) is 20.4. The number of benzene rings is 1. The molecule has 1 saturated heterocycles. The molecule has 2 heterocycles. The van der Waals surface area contributed by atoms with Crippen LogP contribution in [0.25, 0.3) is 0 Å². The van der Waals surface area contributed by atoms with Crippen molar-refractivity contribution in [3.05, 3.63) is 51.5 Å². The fourth-order valence-electron chi connectivity index (χ4n) is 3.28. The summed E-state index contributed by atoms with van der Waals surface area (Å²) < 4.78 is 19.9. The number of hydrogen-bond acceptors (Lipinski definition) is 4. The minimum atomic E-state index is -0.189. The van der Waals surface area contributed by atoms with Crippen LogP contribution >= 0.6 is 35.3 Å². The Hall–Kier alpha value is -1.39. The topological polar surface area (TPSA) is 48.9 Å². The van der Waals surface area contributed by atoms with Crippen molar-refractivity contribution in [3.8, 4) is 0 Å². The first-order valence-electron chi connectivity index (χ1n) is 9.69. The average molecular weight is 532 g/mol. The lowest BCUT2D eigenvalue weighted by atomic mass is 10.1. The number of thiophene rings is 1. The van der Waals surface area contributed by atoms with Gasteiger partial charge in [0.2, 0.25) is 0 Å². The second-order valence-corrected chi connectivity index (χ2v) is 8.45. The Morgan fingerprint density at radius 3 is 2.66 bits per heavy atom. The fraction of sp³-hybridized carbons (Fsp3) is 0.476. The Bertz CT molecular complexity index is 808. The molecule has 1 unspecified atom stereocenters. The smallest absolute Gasteiger partial charge is 0.191 e. The van der Waals surface area contributed by atoms with Gasteiger partial charge in [0.1, 0.15) is 5.82 Å². The Morgan fingerprint density at radius 2 is 2.03 bits per heavy atom. The van der Waals surface area contributed by atoms with E-state index in [1.807, 2.05) is 28.4 Å². The van der Waals surface area contributed by atoms with Crippen molar-refractivity contribution in [3.63, 3.8) is 0 Å². The average Bonchev–Trinajstić information content (AvgIpc) is 3.10. The predicted octanol–water partition coefficient (Wildman–Crippen LogP) is 3.95. The van der Waals surface area contributed by atoms with E-state index >= 15 is 0 Å². The van der Waals surface area contributed by atoms with Crippen LogP contribution in [0, 0.1) is 12.7 Å². The van der Waals surface area contributed by atoms with Crippen molar-refractivity contribution in [1.29, 1.82) is 0 Å². The number of rotatable bonds is 6. The van der Waals surface area contributed by atoms with Gasteiger partial charge in [0.05, 0.1) is 18.9 Å². The molecule has 0 amide bonds. The standard InChI is InChI=1S/C21H29FN4OS.HI/c1-15(12-18-6-4-16(2)28-18)25-21(23-3)24-14-17-5-7-20(19(22)13-17)26-8-10-27-11-9-26;/h4-7,13,15H,8-12,14H2,1-3H3,(H2,23,24,25);1H. The van der Waals surface area contributed by atoms with Crippen molar-refractivity contribution in [2.45, 2.75) is 32.9 Å². The molecule has 1 aromatic carbocycles. The van der Waals surface area contributed by atoms with Crippen molar-refractivity contribution >= 4 is 47.0 Å². The minimum Gasteiger partial charge on any atom is -0.378 e. The van der Waals surface area contributed by atoms with E-state index in [-0.39, 0.29) is 35.8 Å². The summed E-state index contributed by atoms with van der Waals surface area (Å²) in [6, 6.07) is 10.00. The summed E-state index contributed by atoms with van der Waals surface area (Å²) in [5, 5.41) is 6.68. The first-order chi connectivity index (χ1) is 13.5. The SMILES string of the molecule is CN=C(NCc1ccc(N2CCOCC2)c(F)c1)NC(C)Cc1ccc(C)s1.I. The van der Waals surface area contributed by atoms with Gasteiger partial charge in [0.25, 0.3) is 0 Å². The van der Waals surface area contributed by atoms with E-state index in [0.717, 1.165) is 31.0 Å². The number of nitrogens with one attached hydrogen (secondary N) is 2. The minimum absolute atomic E-state index is 0. The predicted molar refractivity (Wildman–Crippen MR) is 130 cm³/mol. The van der Waals surface area contributed by atoms with E-state index < -0.39 is 0 Å². The molecule has 2 N–H and O–H groups in total. The highest BCUT2D eigenvalue weighted by Gasteiger charge is 2.15. The molecular formula is C21H30FIN4OS. The van der Waals surface area contributed by atoms with Crippen LogP contribution in [-0.2, 0) is 17.7 Å². The molecule has 1 atom stereocenters. The molecule has 1 fully saturated rings. The number of hydrogen-bond donors (Lipinski definition) is 2. The molecule has 2 aromatic rings. The molecule has 0 radical (unpaired) electrons. The number of aryl methyl sites for hydroxylation is 1. The third kappa shape index (κ3) is 7.11. The van der Waals surface area contributed by atoms with Crippen molar-refractivity contribution in [1.82, 2.24) is 10.6 Å². The summed E-state index contributed by atoms with van der Waals surface area (Å²) in [4.78, 5) is 9.00.